The number of allylic oxidation sites excluding steroid dienone is 1. The molecule has 0 saturated heterocycles. The summed E-state index contributed by atoms with van der Waals surface area (Å²) in [5.74, 6) is -0.174. The van der Waals surface area contributed by atoms with E-state index < -0.39 is 0 Å². The normalized spacial score (nSPS) is 21.1. The summed E-state index contributed by atoms with van der Waals surface area (Å²) in [6.07, 6.45) is 3.98. The molecule has 2 N–H and O–H groups in total. The quantitative estimate of drug-likeness (QED) is 0.725. The van der Waals surface area contributed by atoms with Crippen LogP contribution in [0.15, 0.2) is 24.3 Å². The summed E-state index contributed by atoms with van der Waals surface area (Å²) >= 11 is 0. The largest absolute Gasteiger partial charge is 0.324 e. The molecular weight excluding hydrogens is 177 g/mol. The Morgan fingerprint density at radius 2 is 2.21 bits per heavy atom. The highest BCUT2D eigenvalue weighted by atomic mass is 19.1. The van der Waals surface area contributed by atoms with Crippen LogP contribution in [0.1, 0.15) is 24.0 Å². The van der Waals surface area contributed by atoms with E-state index in [1.54, 1.807) is 6.07 Å². The molecule has 1 aromatic carbocycles. The Morgan fingerprint density at radius 1 is 1.43 bits per heavy atom. The first kappa shape index (κ1) is 9.41. The third kappa shape index (κ3) is 1.70. The van der Waals surface area contributed by atoms with E-state index >= 15 is 0 Å². The van der Waals surface area contributed by atoms with Crippen LogP contribution in [0.2, 0.25) is 0 Å². The van der Waals surface area contributed by atoms with Crippen molar-refractivity contribution in [1.29, 1.82) is 0 Å². The molecule has 1 aliphatic carbocycles. The third-order valence-electron chi connectivity index (χ3n) is 2.71. The maximum Gasteiger partial charge on any atom is 0.123 e. The SMILES string of the molecule is Cc1ccc(F)cc1C1=CC(N)CC1. The van der Waals surface area contributed by atoms with Crippen LogP contribution >= 0.6 is 0 Å². The van der Waals surface area contributed by atoms with Crippen LogP contribution in [0.4, 0.5) is 4.39 Å². The predicted octanol–water partition coefficient (Wildman–Crippen LogP) is 2.64. The van der Waals surface area contributed by atoms with Gasteiger partial charge in [0, 0.05) is 6.04 Å². The van der Waals surface area contributed by atoms with Crippen LogP contribution in [0.5, 0.6) is 0 Å². The lowest BCUT2D eigenvalue weighted by atomic mass is 10.0. The molecule has 1 aromatic rings. The standard InChI is InChI=1S/C12H14FN/c1-8-2-4-10(13)7-12(8)9-3-5-11(14)6-9/h2,4,6-7,11H,3,5,14H2,1H3. The van der Waals surface area contributed by atoms with Crippen LogP contribution in [0.25, 0.3) is 5.57 Å². The first-order valence-corrected chi connectivity index (χ1v) is 4.89. The van der Waals surface area contributed by atoms with Gasteiger partial charge in [0.1, 0.15) is 5.82 Å². The van der Waals surface area contributed by atoms with E-state index in [0.717, 1.165) is 24.0 Å². The number of benzene rings is 1. The van der Waals surface area contributed by atoms with Crippen molar-refractivity contribution >= 4 is 5.57 Å². The molecular formula is C12H14FN. The summed E-state index contributed by atoms with van der Waals surface area (Å²) in [5, 5.41) is 0. The van der Waals surface area contributed by atoms with Gasteiger partial charge in [0.05, 0.1) is 0 Å². The fraction of sp³-hybridized carbons (Fsp3) is 0.333. The van der Waals surface area contributed by atoms with Gasteiger partial charge in [-0.3, -0.25) is 0 Å². The zero-order chi connectivity index (χ0) is 10.1. The minimum Gasteiger partial charge on any atom is -0.324 e. The third-order valence-corrected chi connectivity index (χ3v) is 2.71. The van der Waals surface area contributed by atoms with E-state index in [9.17, 15) is 4.39 Å². The summed E-state index contributed by atoms with van der Waals surface area (Å²) in [5.41, 5.74) is 9.10. The number of halogens is 1. The number of hydrogen-bond donors (Lipinski definition) is 1. The lowest BCUT2D eigenvalue weighted by Gasteiger charge is -2.06. The summed E-state index contributed by atoms with van der Waals surface area (Å²) in [4.78, 5) is 0. The van der Waals surface area contributed by atoms with Crippen molar-refractivity contribution in [2.75, 3.05) is 0 Å². The molecule has 1 aliphatic rings. The smallest absolute Gasteiger partial charge is 0.123 e. The number of aryl methyl sites for hydroxylation is 1. The average Bonchev–Trinajstić information content (AvgIpc) is 2.56. The molecule has 0 heterocycles. The molecule has 0 amide bonds. The molecule has 1 unspecified atom stereocenters. The predicted molar refractivity (Wildman–Crippen MR) is 56.3 cm³/mol. The molecule has 74 valence electrons. The van der Waals surface area contributed by atoms with E-state index in [4.69, 9.17) is 5.73 Å². The molecule has 1 nitrogen and oxygen atoms in total. The Labute approximate surface area is 83.4 Å². The Balaban J connectivity index is 2.41. The molecule has 14 heavy (non-hydrogen) atoms. The van der Waals surface area contributed by atoms with Crippen LogP contribution in [0.3, 0.4) is 0 Å². The number of nitrogens with two attached hydrogens (primary N) is 1. The highest BCUT2D eigenvalue weighted by molar-refractivity contribution is 5.70. The van der Waals surface area contributed by atoms with E-state index in [2.05, 4.69) is 0 Å². The van der Waals surface area contributed by atoms with Gasteiger partial charge in [-0.25, -0.2) is 4.39 Å². The summed E-state index contributed by atoms with van der Waals surface area (Å²) in [6.45, 7) is 2.00. The van der Waals surface area contributed by atoms with Crippen molar-refractivity contribution in [1.82, 2.24) is 0 Å². The van der Waals surface area contributed by atoms with Crippen molar-refractivity contribution in [3.05, 3.63) is 41.2 Å². The van der Waals surface area contributed by atoms with Gasteiger partial charge >= 0.3 is 0 Å². The van der Waals surface area contributed by atoms with Gasteiger partial charge < -0.3 is 5.73 Å². The van der Waals surface area contributed by atoms with Gasteiger partial charge in [-0.15, -0.1) is 0 Å². The van der Waals surface area contributed by atoms with Gasteiger partial charge in [-0.2, -0.15) is 0 Å². The van der Waals surface area contributed by atoms with Crippen molar-refractivity contribution in [2.24, 2.45) is 5.73 Å². The molecule has 0 radical (unpaired) electrons. The molecule has 1 atom stereocenters. The van der Waals surface area contributed by atoms with Crippen LogP contribution in [0, 0.1) is 12.7 Å². The van der Waals surface area contributed by atoms with E-state index in [1.807, 2.05) is 19.1 Å². The topological polar surface area (TPSA) is 26.0 Å². The highest BCUT2D eigenvalue weighted by Gasteiger charge is 2.15. The molecule has 2 rings (SSSR count). The first-order valence-electron chi connectivity index (χ1n) is 4.89. The maximum absolute atomic E-state index is 13.0. The second-order valence-electron chi connectivity index (χ2n) is 3.85. The fourth-order valence-electron chi connectivity index (χ4n) is 1.91. The maximum atomic E-state index is 13.0. The minimum absolute atomic E-state index is 0.146. The Kier molecular flexibility index (Phi) is 2.38. The molecule has 0 spiro atoms. The molecule has 2 heteroatoms. The molecule has 0 aromatic heterocycles. The fourth-order valence-corrected chi connectivity index (χ4v) is 1.91. The van der Waals surface area contributed by atoms with E-state index in [1.165, 1.54) is 11.6 Å². The minimum atomic E-state index is -0.174. The Morgan fingerprint density at radius 3 is 2.86 bits per heavy atom. The van der Waals surface area contributed by atoms with Gasteiger partial charge in [0.15, 0.2) is 0 Å². The molecule has 0 bridgehead atoms. The Bertz CT molecular complexity index is 382. The lowest BCUT2D eigenvalue weighted by Crippen LogP contribution is -2.11. The van der Waals surface area contributed by atoms with Gasteiger partial charge in [0.2, 0.25) is 0 Å². The number of rotatable bonds is 1. The van der Waals surface area contributed by atoms with E-state index in [0.29, 0.717) is 0 Å². The lowest BCUT2D eigenvalue weighted by molar-refractivity contribution is 0.627. The van der Waals surface area contributed by atoms with Crippen LogP contribution < -0.4 is 5.73 Å². The monoisotopic (exact) mass is 191 g/mol. The highest BCUT2D eigenvalue weighted by Crippen LogP contribution is 2.29. The van der Waals surface area contributed by atoms with Gasteiger partial charge in [0.25, 0.3) is 0 Å². The molecule has 0 aliphatic heterocycles. The second-order valence-corrected chi connectivity index (χ2v) is 3.85. The van der Waals surface area contributed by atoms with Crippen molar-refractivity contribution < 1.29 is 4.39 Å². The van der Waals surface area contributed by atoms with Gasteiger partial charge in [-0.1, -0.05) is 12.1 Å². The number of hydrogen-bond acceptors (Lipinski definition) is 1. The summed E-state index contributed by atoms with van der Waals surface area (Å²) < 4.78 is 13.0. The van der Waals surface area contributed by atoms with E-state index in [-0.39, 0.29) is 11.9 Å². The first-order chi connectivity index (χ1) is 6.66. The second kappa shape index (κ2) is 3.54. The molecule has 0 fully saturated rings. The van der Waals surface area contributed by atoms with Crippen molar-refractivity contribution in [3.8, 4) is 0 Å². The zero-order valence-corrected chi connectivity index (χ0v) is 8.26. The zero-order valence-electron chi connectivity index (χ0n) is 8.26. The molecule has 0 saturated carbocycles. The van der Waals surface area contributed by atoms with Crippen molar-refractivity contribution in [2.45, 2.75) is 25.8 Å². The van der Waals surface area contributed by atoms with Crippen LogP contribution in [-0.2, 0) is 0 Å². The van der Waals surface area contributed by atoms with Crippen LogP contribution in [-0.4, -0.2) is 6.04 Å². The summed E-state index contributed by atoms with van der Waals surface area (Å²) in [6, 6.07) is 5.05. The van der Waals surface area contributed by atoms with Gasteiger partial charge in [-0.05, 0) is 48.6 Å². The average molecular weight is 191 g/mol. The summed E-state index contributed by atoms with van der Waals surface area (Å²) in [7, 11) is 0. The Hall–Kier alpha value is -1.15. The van der Waals surface area contributed by atoms with Crippen molar-refractivity contribution in [3.63, 3.8) is 0 Å².